The van der Waals surface area contributed by atoms with Crippen molar-refractivity contribution in [3.8, 4) is 0 Å². The van der Waals surface area contributed by atoms with Gasteiger partial charge in [-0.3, -0.25) is 14.7 Å². The number of hydrogen-bond donors (Lipinski definition) is 1. The van der Waals surface area contributed by atoms with Gasteiger partial charge in [-0.1, -0.05) is 37.3 Å². The smallest absolute Gasteiger partial charge is 0.269 e. The highest BCUT2D eigenvalue weighted by Gasteiger charge is 2.18. The standard InChI is InChI=1S/C20H26N4O/c1-2-9-22-20(25)19-15-18(8-10-21-19)24-13-11-23(12-14-24)16-17-6-4-3-5-7-17/h3-8,10,15H,2,9,11-14,16H2,1H3,(H,22,25). The Kier molecular flexibility index (Phi) is 6.01. The summed E-state index contributed by atoms with van der Waals surface area (Å²) in [5.74, 6) is -0.0913. The highest BCUT2D eigenvalue weighted by molar-refractivity contribution is 5.93. The maximum Gasteiger partial charge on any atom is 0.269 e. The lowest BCUT2D eigenvalue weighted by molar-refractivity contribution is 0.0948. The zero-order valence-corrected chi connectivity index (χ0v) is 14.8. The fraction of sp³-hybridized carbons (Fsp3) is 0.400. The number of anilines is 1. The molecule has 1 aliphatic rings. The van der Waals surface area contributed by atoms with E-state index in [-0.39, 0.29) is 5.91 Å². The molecule has 2 heterocycles. The number of pyridine rings is 1. The summed E-state index contributed by atoms with van der Waals surface area (Å²) in [4.78, 5) is 21.1. The van der Waals surface area contributed by atoms with Crippen molar-refractivity contribution in [2.45, 2.75) is 19.9 Å². The lowest BCUT2D eigenvalue weighted by Gasteiger charge is -2.36. The molecule has 1 fully saturated rings. The molecule has 1 amide bonds. The molecular weight excluding hydrogens is 312 g/mol. The lowest BCUT2D eigenvalue weighted by atomic mass is 10.2. The molecule has 132 valence electrons. The molecule has 0 atom stereocenters. The van der Waals surface area contributed by atoms with Gasteiger partial charge in [0.25, 0.3) is 5.91 Å². The van der Waals surface area contributed by atoms with E-state index in [1.54, 1.807) is 6.20 Å². The first-order valence-corrected chi connectivity index (χ1v) is 9.01. The number of benzene rings is 1. The van der Waals surface area contributed by atoms with Gasteiger partial charge in [-0.15, -0.1) is 0 Å². The Balaban J connectivity index is 1.56. The van der Waals surface area contributed by atoms with Crippen molar-refractivity contribution in [1.29, 1.82) is 0 Å². The van der Waals surface area contributed by atoms with E-state index < -0.39 is 0 Å². The Morgan fingerprint density at radius 3 is 2.60 bits per heavy atom. The quantitative estimate of drug-likeness (QED) is 0.879. The Morgan fingerprint density at radius 1 is 1.12 bits per heavy atom. The van der Waals surface area contributed by atoms with Crippen LogP contribution in [0.3, 0.4) is 0 Å². The molecule has 5 heteroatoms. The van der Waals surface area contributed by atoms with Crippen LogP contribution in [0.5, 0.6) is 0 Å². The molecule has 1 N–H and O–H groups in total. The first-order valence-electron chi connectivity index (χ1n) is 9.01. The second kappa shape index (κ2) is 8.62. The summed E-state index contributed by atoms with van der Waals surface area (Å²) in [6, 6.07) is 14.5. The van der Waals surface area contributed by atoms with Crippen molar-refractivity contribution in [3.05, 3.63) is 59.9 Å². The van der Waals surface area contributed by atoms with E-state index in [0.717, 1.165) is 44.8 Å². The summed E-state index contributed by atoms with van der Waals surface area (Å²) in [6.45, 7) is 7.69. The fourth-order valence-corrected chi connectivity index (χ4v) is 3.08. The first kappa shape index (κ1) is 17.4. The van der Waals surface area contributed by atoms with Crippen LogP contribution < -0.4 is 10.2 Å². The van der Waals surface area contributed by atoms with Gasteiger partial charge in [0.15, 0.2) is 0 Å². The van der Waals surface area contributed by atoms with Crippen LogP contribution >= 0.6 is 0 Å². The highest BCUT2D eigenvalue weighted by atomic mass is 16.1. The van der Waals surface area contributed by atoms with Gasteiger partial charge in [0.1, 0.15) is 5.69 Å². The topological polar surface area (TPSA) is 48.5 Å². The Bertz CT molecular complexity index is 681. The third-order valence-corrected chi connectivity index (χ3v) is 4.50. The van der Waals surface area contributed by atoms with E-state index in [1.165, 1.54) is 5.56 Å². The minimum Gasteiger partial charge on any atom is -0.369 e. The van der Waals surface area contributed by atoms with Gasteiger partial charge in [-0.05, 0) is 24.1 Å². The highest BCUT2D eigenvalue weighted by Crippen LogP contribution is 2.18. The van der Waals surface area contributed by atoms with Gasteiger partial charge in [0.2, 0.25) is 0 Å². The second-order valence-electron chi connectivity index (χ2n) is 6.40. The summed E-state index contributed by atoms with van der Waals surface area (Å²) in [7, 11) is 0. The van der Waals surface area contributed by atoms with Crippen LogP contribution in [0.4, 0.5) is 5.69 Å². The summed E-state index contributed by atoms with van der Waals surface area (Å²) in [5, 5.41) is 2.88. The maximum atomic E-state index is 12.1. The molecule has 1 aromatic carbocycles. The normalized spacial score (nSPS) is 15.2. The van der Waals surface area contributed by atoms with Gasteiger partial charge in [0, 0.05) is 51.2 Å². The molecule has 1 aliphatic heterocycles. The largest absolute Gasteiger partial charge is 0.369 e. The second-order valence-corrected chi connectivity index (χ2v) is 6.40. The molecule has 1 aromatic heterocycles. The molecule has 3 rings (SSSR count). The number of nitrogens with zero attached hydrogens (tertiary/aromatic N) is 3. The van der Waals surface area contributed by atoms with Crippen LogP contribution in [0.1, 0.15) is 29.4 Å². The van der Waals surface area contributed by atoms with E-state index in [4.69, 9.17) is 0 Å². The summed E-state index contributed by atoms with van der Waals surface area (Å²) in [5.41, 5.74) is 2.93. The van der Waals surface area contributed by atoms with Gasteiger partial charge in [0.05, 0.1) is 0 Å². The van der Waals surface area contributed by atoms with Crippen LogP contribution in [-0.4, -0.2) is 48.5 Å². The van der Waals surface area contributed by atoms with Gasteiger partial charge in [-0.2, -0.15) is 0 Å². The number of carbonyl (C=O) groups excluding carboxylic acids is 1. The zero-order chi connectivity index (χ0) is 17.5. The van der Waals surface area contributed by atoms with Crippen LogP contribution in [0.25, 0.3) is 0 Å². The minimum atomic E-state index is -0.0913. The molecule has 0 saturated carbocycles. The molecule has 0 unspecified atom stereocenters. The molecule has 0 spiro atoms. The molecule has 25 heavy (non-hydrogen) atoms. The van der Waals surface area contributed by atoms with Crippen LogP contribution in [-0.2, 0) is 6.54 Å². The number of rotatable bonds is 6. The SMILES string of the molecule is CCCNC(=O)c1cc(N2CCN(Cc3ccccc3)CC2)ccn1. The van der Waals surface area contributed by atoms with Crippen molar-refractivity contribution in [2.75, 3.05) is 37.6 Å². The summed E-state index contributed by atoms with van der Waals surface area (Å²) < 4.78 is 0. The predicted octanol–water partition coefficient (Wildman–Crippen LogP) is 2.54. The average molecular weight is 338 g/mol. The van der Waals surface area contributed by atoms with Crippen LogP contribution in [0.15, 0.2) is 48.7 Å². The van der Waals surface area contributed by atoms with Crippen LogP contribution in [0.2, 0.25) is 0 Å². The number of amides is 1. The summed E-state index contributed by atoms with van der Waals surface area (Å²) >= 11 is 0. The van der Waals surface area contributed by atoms with E-state index in [0.29, 0.717) is 12.2 Å². The Labute approximate surface area is 149 Å². The third kappa shape index (κ3) is 4.79. The van der Waals surface area contributed by atoms with E-state index in [1.807, 2.05) is 19.1 Å². The first-order chi connectivity index (χ1) is 12.3. The monoisotopic (exact) mass is 338 g/mol. The predicted molar refractivity (Wildman–Crippen MR) is 101 cm³/mol. The fourth-order valence-electron chi connectivity index (χ4n) is 3.08. The van der Waals surface area contributed by atoms with Crippen LogP contribution in [0, 0.1) is 0 Å². The summed E-state index contributed by atoms with van der Waals surface area (Å²) in [6.07, 6.45) is 2.65. The number of hydrogen-bond acceptors (Lipinski definition) is 4. The molecular formula is C20H26N4O. The maximum absolute atomic E-state index is 12.1. The number of piperazine rings is 1. The zero-order valence-electron chi connectivity index (χ0n) is 14.8. The van der Waals surface area contributed by atoms with E-state index >= 15 is 0 Å². The Hall–Kier alpha value is -2.40. The molecule has 5 nitrogen and oxygen atoms in total. The number of nitrogens with one attached hydrogen (secondary N) is 1. The third-order valence-electron chi connectivity index (χ3n) is 4.50. The van der Waals surface area contributed by atoms with E-state index in [9.17, 15) is 4.79 Å². The molecule has 2 aromatic rings. The van der Waals surface area contributed by atoms with Crippen molar-refractivity contribution < 1.29 is 4.79 Å². The molecule has 1 saturated heterocycles. The van der Waals surface area contributed by atoms with Crippen molar-refractivity contribution in [2.24, 2.45) is 0 Å². The lowest BCUT2D eigenvalue weighted by Crippen LogP contribution is -2.46. The number of carbonyl (C=O) groups is 1. The van der Waals surface area contributed by atoms with Crippen molar-refractivity contribution in [1.82, 2.24) is 15.2 Å². The van der Waals surface area contributed by atoms with Gasteiger partial charge in [-0.25, -0.2) is 0 Å². The van der Waals surface area contributed by atoms with Crippen molar-refractivity contribution in [3.63, 3.8) is 0 Å². The minimum absolute atomic E-state index is 0.0913. The van der Waals surface area contributed by atoms with E-state index in [2.05, 4.69) is 50.4 Å². The molecule has 0 bridgehead atoms. The number of aromatic nitrogens is 1. The Morgan fingerprint density at radius 2 is 1.88 bits per heavy atom. The molecule has 0 radical (unpaired) electrons. The van der Waals surface area contributed by atoms with Gasteiger partial charge < -0.3 is 10.2 Å². The van der Waals surface area contributed by atoms with Gasteiger partial charge >= 0.3 is 0 Å². The van der Waals surface area contributed by atoms with Crippen molar-refractivity contribution >= 4 is 11.6 Å². The average Bonchev–Trinajstić information content (AvgIpc) is 2.67. The molecule has 0 aliphatic carbocycles.